The van der Waals surface area contributed by atoms with Gasteiger partial charge in [0.25, 0.3) is 5.91 Å². The normalized spacial score (nSPS) is 10.9. The number of carbonyl (C=O) groups is 3. The maximum atomic E-state index is 12.3. The fourth-order valence-electron chi connectivity index (χ4n) is 2.62. The average molecular weight is 381 g/mol. The van der Waals surface area contributed by atoms with Crippen molar-refractivity contribution in [3.8, 4) is 0 Å². The van der Waals surface area contributed by atoms with Gasteiger partial charge in [-0.2, -0.15) is 0 Å². The predicted octanol–water partition coefficient (Wildman–Crippen LogP) is 3.62. The van der Waals surface area contributed by atoms with Crippen LogP contribution in [-0.4, -0.2) is 24.3 Å². The molecule has 0 aliphatic heterocycles. The third-order valence-corrected chi connectivity index (χ3v) is 4.25. The molecule has 0 spiro atoms. The van der Waals surface area contributed by atoms with Gasteiger partial charge in [-0.05, 0) is 47.7 Å². The first-order valence-corrected chi connectivity index (χ1v) is 9.13. The molecule has 0 atom stereocenters. The van der Waals surface area contributed by atoms with E-state index in [1.54, 1.807) is 30.3 Å². The van der Waals surface area contributed by atoms with Crippen molar-refractivity contribution in [1.29, 1.82) is 0 Å². The molecule has 6 heteroatoms. The zero-order valence-electron chi connectivity index (χ0n) is 17.0. The molecule has 0 heterocycles. The predicted molar refractivity (Wildman–Crippen MR) is 112 cm³/mol. The maximum absolute atomic E-state index is 12.3. The lowest BCUT2D eigenvalue weighted by Crippen LogP contribution is -2.33. The minimum atomic E-state index is -0.345. The van der Waals surface area contributed by atoms with E-state index in [0.29, 0.717) is 16.9 Å². The highest BCUT2D eigenvalue weighted by atomic mass is 16.2. The SMILES string of the molecule is CC(=O)Nc1ccc(C)c(NC(=O)CNC(=O)c2ccc(C(C)(C)C)cc2)c1. The quantitative estimate of drug-likeness (QED) is 0.739. The summed E-state index contributed by atoms with van der Waals surface area (Å²) in [5, 5.41) is 8.05. The van der Waals surface area contributed by atoms with Crippen molar-refractivity contribution in [3.63, 3.8) is 0 Å². The largest absolute Gasteiger partial charge is 0.343 e. The molecule has 0 aliphatic rings. The van der Waals surface area contributed by atoms with Crippen molar-refractivity contribution in [2.75, 3.05) is 17.2 Å². The van der Waals surface area contributed by atoms with E-state index in [2.05, 4.69) is 36.7 Å². The minimum Gasteiger partial charge on any atom is -0.343 e. The van der Waals surface area contributed by atoms with E-state index in [4.69, 9.17) is 0 Å². The summed E-state index contributed by atoms with van der Waals surface area (Å²) in [6.45, 7) is 9.44. The highest BCUT2D eigenvalue weighted by molar-refractivity contribution is 6.00. The van der Waals surface area contributed by atoms with Crippen LogP contribution >= 0.6 is 0 Å². The number of nitrogens with one attached hydrogen (secondary N) is 3. The highest BCUT2D eigenvalue weighted by Crippen LogP contribution is 2.22. The summed E-state index contributed by atoms with van der Waals surface area (Å²) in [5.74, 6) is -0.840. The number of hydrogen-bond donors (Lipinski definition) is 3. The van der Waals surface area contributed by atoms with Gasteiger partial charge in [-0.25, -0.2) is 0 Å². The Morgan fingerprint density at radius 2 is 1.57 bits per heavy atom. The van der Waals surface area contributed by atoms with E-state index in [9.17, 15) is 14.4 Å². The van der Waals surface area contributed by atoms with Crippen LogP contribution in [0.3, 0.4) is 0 Å². The molecule has 0 saturated carbocycles. The summed E-state index contributed by atoms with van der Waals surface area (Å²) in [6.07, 6.45) is 0. The van der Waals surface area contributed by atoms with Crippen molar-refractivity contribution in [2.45, 2.75) is 40.0 Å². The minimum absolute atomic E-state index is 0.0124. The molecule has 28 heavy (non-hydrogen) atoms. The van der Waals surface area contributed by atoms with Crippen LogP contribution in [0.2, 0.25) is 0 Å². The second kappa shape index (κ2) is 8.69. The van der Waals surface area contributed by atoms with Gasteiger partial charge in [-0.1, -0.05) is 39.0 Å². The lowest BCUT2D eigenvalue weighted by molar-refractivity contribution is -0.115. The van der Waals surface area contributed by atoms with Gasteiger partial charge in [-0.15, -0.1) is 0 Å². The zero-order chi connectivity index (χ0) is 20.9. The Bertz CT molecular complexity index is 881. The number of carbonyl (C=O) groups excluding carboxylic acids is 3. The fourth-order valence-corrected chi connectivity index (χ4v) is 2.62. The molecule has 0 aromatic heterocycles. The molecule has 2 rings (SSSR count). The Morgan fingerprint density at radius 3 is 2.14 bits per heavy atom. The summed E-state index contributed by atoms with van der Waals surface area (Å²) >= 11 is 0. The topological polar surface area (TPSA) is 87.3 Å². The molecule has 0 radical (unpaired) electrons. The number of amides is 3. The monoisotopic (exact) mass is 381 g/mol. The first-order valence-electron chi connectivity index (χ1n) is 9.13. The summed E-state index contributed by atoms with van der Waals surface area (Å²) in [7, 11) is 0. The standard InChI is InChI=1S/C22H27N3O3/c1-14-6-11-18(24-15(2)26)12-19(14)25-20(27)13-23-21(28)16-7-9-17(10-8-16)22(3,4)5/h6-12H,13H2,1-5H3,(H,23,28)(H,24,26)(H,25,27). The third kappa shape index (κ3) is 5.94. The molecule has 2 aromatic carbocycles. The van der Waals surface area contributed by atoms with Gasteiger partial charge >= 0.3 is 0 Å². The molecule has 0 bridgehead atoms. The van der Waals surface area contributed by atoms with Crippen LogP contribution in [0.15, 0.2) is 42.5 Å². The average Bonchev–Trinajstić information content (AvgIpc) is 2.61. The number of anilines is 2. The van der Waals surface area contributed by atoms with Gasteiger partial charge in [0.15, 0.2) is 0 Å². The second-order valence-electron chi connectivity index (χ2n) is 7.77. The van der Waals surface area contributed by atoms with Crippen LogP contribution in [0.1, 0.15) is 49.2 Å². The summed E-state index contributed by atoms with van der Waals surface area (Å²) in [6, 6.07) is 12.6. The molecular formula is C22H27N3O3. The van der Waals surface area contributed by atoms with E-state index in [-0.39, 0.29) is 29.7 Å². The van der Waals surface area contributed by atoms with Crippen molar-refractivity contribution in [3.05, 3.63) is 59.2 Å². The maximum Gasteiger partial charge on any atom is 0.251 e. The van der Waals surface area contributed by atoms with Gasteiger partial charge in [0.1, 0.15) is 0 Å². The summed E-state index contributed by atoms with van der Waals surface area (Å²) < 4.78 is 0. The Balaban J connectivity index is 1.95. The zero-order valence-corrected chi connectivity index (χ0v) is 17.0. The summed E-state index contributed by atoms with van der Waals surface area (Å²) in [4.78, 5) is 35.6. The molecule has 2 aromatic rings. The number of benzene rings is 2. The molecule has 3 N–H and O–H groups in total. The van der Waals surface area contributed by atoms with E-state index >= 15 is 0 Å². The molecule has 0 unspecified atom stereocenters. The molecule has 3 amide bonds. The molecular weight excluding hydrogens is 354 g/mol. The van der Waals surface area contributed by atoms with Crippen LogP contribution in [0, 0.1) is 6.92 Å². The van der Waals surface area contributed by atoms with E-state index in [0.717, 1.165) is 11.1 Å². The van der Waals surface area contributed by atoms with Crippen molar-refractivity contribution in [1.82, 2.24) is 5.32 Å². The van der Waals surface area contributed by atoms with Gasteiger partial charge in [0.05, 0.1) is 6.54 Å². The second-order valence-corrected chi connectivity index (χ2v) is 7.77. The fraction of sp³-hybridized carbons (Fsp3) is 0.318. The van der Waals surface area contributed by atoms with Crippen molar-refractivity contribution in [2.24, 2.45) is 0 Å². The van der Waals surface area contributed by atoms with E-state index in [1.807, 2.05) is 19.1 Å². The van der Waals surface area contributed by atoms with E-state index < -0.39 is 0 Å². The molecule has 0 fully saturated rings. The lowest BCUT2D eigenvalue weighted by atomic mass is 9.87. The Kier molecular flexibility index (Phi) is 6.57. The number of hydrogen-bond acceptors (Lipinski definition) is 3. The summed E-state index contributed by atoms with van der Waals surface area (Å²) in [5.41, 5.74) is 3.68. The smallest absolute Gasteiger partial charge is 0.251 e. The van der Waals surface area contributed by atoms with Gasteiger partial charge in [0, 0.05) is 23.9 Å². The first-order chi connectivity index (χ1) is 13.1. The Labute approximate surface area is 165 Å². The first kappa shape index (κ1) is 21.2. The molecule has 0 saturated heterocycles. The van der Waals surface area contributed by atoms with Crippen LogP contribution in [-0.2, 0) is 15.0 Å². The Hall–Kier alpha value is -3.15. The van der Waals surface area contributed by atoms with Crippen molar-refractivity contribution >= 4 is 29.1 Å². The lowest BCUT2D eigenvalue weighted by Gasteiger charge is -2.19. The number of rotatable bonds is 5. The van der Waals surface area contributed by atoms with Crippen LogP contribution < -0.4 is 16.0 Å². The third-order valence-electron chi connectivity index (χ3n) is 4.25. The molecule has 0 aliphatic carbocycles. The Morgan fingerprint density at radius 1 is 0.929 bits per heavy atom. The van der Waals surface area contributed by atoms with Crippen LogP contribution in [0.25, 0.3) is 0 Å². The van der Waals surface area contributed by atoms with Crippen molar-refractivity contribution < 1.29 is 14.4 Å². The van der Waals surface area contributed by atoms with Crippen LogP contribution in [0.4, 0.5) is 11.4 Å². The number of aryl methyl sites for hydroxylation is 1. The van der Waals surface area contributed by atoms with E-state index in [1.165, 1.54) is 6.92 Å². The van der Waals surface area contributed by atoms with Gasteiger partial charge in [-0.3, -0.25) is 14.4 Å². The highest BCUT2D eigenvalue weighted by Gasteiger charge is 2.15. The van der Waals surface area contributed by atoms with Crippen LogP contribution in [0.5, 0.6) is 0 Å². The molecule has 148 valence electrons. The van der Waals surface area contributed by atoms with Gasteiger partial charge in [0.2, 0.25) is 11.8 Å². The molecule has 6 nitrogen and oxygen atoms in total. The van der Waals surface area contributed by atoms with Gasteiger partial charge < -0.3 is 16.0 Å².